The maximum atomic E-state index is 11.9. The number of aromatic nitrogens is 2. The van der Waals surface area contributed by atoms with Gasteiger partial charge in [0.15, 0.2) is 0 Å². The van der Waals surface area contributed by atoms with Crippen molar-refractivity contribution in [1.82, 2.24) is 10.2 Å². The van der Waals surface area contributed by atoms with Gasteiger partial charge >= 0.3 is 0 Å². The van der Waals surface area contributed by atoms with Crippen molar-refractivity contribution in [2.75, 3.05) is 4.72 Å². The van der Waals surface area contributed by atoms with Crippen molar-refractivity contribution in [2.24, 2.45) is 5.73 Å². The summed E-state index contributed by atoms with van der Waals surface area (Å²) in [5, 5.41) is 6.03. The summed E-state index contributed by atoms with van der Waals surface area (Å²) in [6.45, 7) is 0. The minimum absolute atomic E-state index is 0.0585. The highest BCUT2D eigenvalue weighted by Gasteiger charge is 2.15. The number of hydrogen-bond acceptors (Lipinski definition) is 4. The fraction of sp³-hybridized carbons (Fsp3) is 0. The molecule has 1 aromatic carbocycles. The van der Waals surface area contributed by atoms with Gasteiger partial charge in [0.2, 0.25) is 0 Å². The van der Waals surface area contributed by atoms with Gasteiger partial charge in [0.25, 0.3) is 10.0 Å². The molecule has 0 aliphatic carbocycles. The molecule has 0 aliphatic heterocycles. The Labute approximate surface area is 109 Å². The summed E-state index contributed by atoms with van der Waals surface area (Å²) in [6.07, 6.45) is 2.51. The van der Waals surface area contributed by atoms with Crippen LogP contribution in [-0.4, -0.2) is 23.6 Å². The van der Waals surface area contributed by atoms with Crippen LogP contribution in [0.1, 0.15) is 5.56 Å². The Hall–Kier alpha value is -1.93. The Morgan fingerprint density at radius 3 is 2.83 bits per heavy atom. The fourth-order valence-electron chi connectivity index (χ4n) is 1.34. The molecule has 94 valence electrons. The summed E-state index contributed by atoms with van der Waals surface area (Å²) in [6, 6.07) is 6.55. The molecule has 0 fully saturated rings. The van der Waals surface area contributed by atoms with Gasteiger partial charge in [-0.05, 0) is 12.1 Å². The van der Waals surface area contributed by atoms with Crippen LogP contribution in [0.15, 0.2) is 41.6 Å². The van der Waals surface area contributed by atoms with Crippen LogP contribution < -0.4 is 10.5 Å². The number of sulfonamides is 1. The van der Waals surface area contributed by atoms with Gasteiger partial charge in [-0.2, -0.15) is 5.10 Å². The number of benzene rings is 1. The molecule has 1 heterocycles. The van der Waals surface area contributed by atoms with Crippen LogP contribution in [0.4, 0.5) is 5.69 Å². The van der Waals surface area contributed by atoms with E-state index in [-0.39, 0.29) is 9.88 Å². The molecule has 0 radical (unpaired) electrons. The van der Waals surface area contributed by atoms with E-state index in [4.69, 9.17) is 18.0 Å². The van der Waals surface area contributed by atoms with Gasteiger partial charge in [-0.3, -0.25) is 9.82 Å². The van der Waals surface area contributed by atoms with Crippen LogP contribution in [0.2, 0.25) is 0 Å². The molecule has 1 aromatic heterocycles. The van der Waals surface area contributed by atoms with Gasteiger partial charge in [0.1, 0.15) is 9.88 Å². The Morgan fingerprint density at radius 1 is 1.44 bits per heavy atom. The van der Waals surface area contributed by atoms with Gasteiger partial charge < -0.3 is 5.73 Å². The minimum Gasteiger partial charge on any atom is -0.389 e. The van der Waals surface area contributed by atoms with Crippen LogP contribution in [-0.2, 0) is 10.0 Å². The highest BCUT2D eigenvalue weighted by Crippen LogP contribution is 2.16. The summed E-state index contributed by atoms with van der Waals surface area (Å²) in [4.78, 5) is 0.266. The molecule has 8 heteroatoms. The molecule has 0 aliphatic rings. The van der Waals surface area contributed by atoms with E-state index in [9.17, 15) is 8.42 Å². The van der Waals surface area contributed by atoms with E-state index in [0.29, 0.717) is 11.3 Å². The van der Waals surface area contributed by atoms with Crippen molar-refractivity contribution >= 4 is 32.9 Å². The molecule has 2 aromatic rings. The summed E-state index contributed by atoms with van der Waals surface area (Å²) in [7, 11) is -3.64. The third-order valence-electron chi connectivity index (χ3n) is 2.18. The molecular weight excluding hydrogens is 272 g/mol. The highest BCUT2D eigenvalue weighted by atomic mass is 32.2. The van der Waals surface area contributed by atoms with E-state index >= 15 is 0 Å². The van der Waals surface area contributed by atoms with E-state index in [0.717, 1.165) is 0 Å². The molecule has 0 unspecified atom stereocenters. The first-order valence-corrected chi connectivity index (χ1v) is 6.79. The second-order valence-corrected chi connectivity index (χ2v) is 5.61. The fourth-order valence-corrected chi connectivity index (χ4v) is 2.42. The summed E-state index contributed by atoms with van der Waals surface area (Å²) >= 11 is 4.83. The summed E-state index contributed by atoms with van der Waals surface area (Å²) in [5.41, 5.74) is 6.47. The number of hydrogen-bond donors (Lipinski definition) is 3. The Morgan fingerprint density at radius 2 is 2.22 bits per heavy atom. The summed E-state index contributed by atoms with van der Waals surface area (Å²) < 4.78 is 26.2. The number of rotatable bonds is 4. The van der Waals surface area contributed by atoms with Gasteiger partial charge in [0.05, 0.1) is 6.20 Å². The van der Waals surface area contributed by atoms with Gasteiger partial charge in [0, 0.05) is 17.4 Å². The van der Waals surface area contributed by atoms with Crippen LogP contribution in [0, 0.1) is 0 Å². The summed E-state index contributed by atoms with van der Waals surface area (Å²) in [5.74, 6) is 0. The first-order valence-electron chi connectivity index (χ1n) is 4.90. The van der Waals surface area contributed by atoms with Crippen LogP contribution >= 0.6 is 12.2 Å². The number of H-pyrrole nitrogens is 1. The number of nitrogens with zero attached hydrogens (tertiary/aromatic N) is 1. The molecule has 0 saturated carbocycles. The smallest absolute Gasteiger partial charge is 0.265 e. The van der Waals surface area contributed by atoms with Crippen molar-refractivity contribution in [1.29, 1.82) is 0 Å². The molecule has 18 heavy (non-hydrogen) atoms. The van der Waals surface area contributed by atoms with Crippen molar-refractivity contribution in [3.05, 3.63) is 42.2 Å². The van der Waals surface area contributed by atoms with Gasteiger partial charge in [-0.25, -0.2) is 8.42 Å². The number of nitrogens with two attached hydrogens (primary N) is 1. The lowest BCUT2D eigenvalue weighted by Crippen LogP contribution is -2.14. The normalized spacial score (nSPS) is 11.1. The molecule has 6 nitrogen and oxygen atoms in total. The Kier molecular flexibility index (Phi) is 3.30. The molecule has 0 saturated heterocycles. The molecule has 0 amide bonds. The van der Waals surface area contributed by atoms with Crippen LogP contribution in [0.3, 0.4) is 0 Å². The topological polar surface area (TPSA) is 101 Å². The minimum atomic E-state index is -3.64. The molecule has 0 atom stereocenters. The second-order valence-electron chi connectivity index (χ2n) is 3.48. The molecule has 0 bridgehead atoms. The van der Waals surface area contributed by atoms with Crippen molar-refractivity contribution in [3.63, 3.8) is 0 Å². The van der Waals surface area contributed by atoms with Crippen molar-refractivity contribution in [3.8, 4) is 0 Å². The molecule has 2 rings (SSSR count). The SMILES string of the molecule is NC(=S)c1cccc(NS(=O)(=O)c2cn[nH]c2)c1. The first kappa shape index (κ1) is 12.5. The molecule has 4 N–H and O–H groups in total. The maximum absolute atomic E-state index is 11.9. The van der Waals surface area contributed by atoms with Crippen molar-refractivity contribution in [2.45, 2.75) is 4.90 Å². The number of nitrogens with one attached hydrogen (secondary N) is 2. The van der Waals surface area contributed by atoms with Gasteiger partial charge in [-0.1, -0.05) is 24.4 Å². The maximum Gasteiger partial charge on any atom is 0.265 e. The van der Waals surface area contributed by atoms with Gasteiger partial charge in [-0.15, -0.1) is 0 Å². The highest BCUT2D eigenvalue weighted by molar-refractivity contribution is 7.92. The predicted molar refractivity (Wildman–Crippen MR) is 71.7 cm³/mol. The Balaban J connectivity index is 2.30. The standard InChI is InChI=1S/C10H10N4O2S2/c11-10(17)7-2-1-3-8(4-7)14-18(15,16)9-5-12-13-6-9/h1-6,14H,(H2,11,17)(H,12,13). The molecular formula is C10H10N4O2S2. The lowest BCUT2D eigenvalue weighted by molar-refractivity contribution is 0.601. The molecule has 0 spiro atoms. The van der Waals surface area contributed by atoms with Crippen LogP contribution in [0.25, 0.3) is 0 Å². The second kappa shape index (κ2) is 4.75. The first-order chi connectivity index (χ1) is 8.49. The van der Waals surface area contributed by atoms with E-state index in [2.05, 4.69) is 14.9 Å². The lowest BCUT2D eigenvalue weighted by atomic mass is 10.2. The zero-order chi connectivity index (χ0) is 13.2. The Bertz CT molecular complexity index is 665. The largest absolute Gasteiger partial charge is 0.389 e. The third kappa shape index (κ3) is 2.66. The quantitative estimate of drug-likeness (QED) is 0.722. The van der Waals surface area contributed by atoms with Crippen LogP contribution in [0.5, 0.6) is 0 Å². The van der Waals surface area contributed by atoms with E-state index in [1.165, 1.54) is 12.4 Å². The number of thiocarbonyl (C=S) groups is 1. The van der Waals surface area contributed by atoms with E-state index < -0.39 is 10.0 Å². The number of anilines is 1. The van der Waals surface area contributed by atoms with E-state index in [1.807, 2.05) is 0 Å². The predicted octanol–water partition coefficient (Wildman–Crippen LogP) is 0.845. The number of aromatic amines is 1. The zero-order valence-electron chi connectivity index (χ0n) is 9.12. The average molecular weight is 282 g/mol. The van der Waals surface area contributed by atoms with Crippen molar-refractivity contribution < 1.29 is 8.42 Å². The third-order valence-corrected chi connectivity index (χ3v) is 3.77. The average Bonchev–Trinajstić information content (AvgIpc) is 2.82. The lowest BCUT2D eigenvalue weighted by Gasteiger charge is -2.07. The zero-order valence-corrected chi connectivity index (χ0v) is 10.8. The monoisotopic (exact) mass is 282 g/mol. The van der Waals surface area contributed by atoms with E-state index in [1.54, 1.807) is 24.3 Å².